The molecule has 1 amide bonds. The summed E-state index contributed by atoms with van der Waals surface area (Å²) in [5.74, 6) is 1.84. The smallest absolute Gasteiger partial charge is 0.223 e. The fraction of sp³-hybridized carbons (Fsp3) is 0.571. The molecule has 1 atom stereocenters. The molecule has 1 unspecified atom stereocenters. The van der Waals surface area contributed by atoms with Crippen LogP contribution in [0.1, 0.15) is 68.8 Å². The topological polar surface area (TPSA) is 51.0 Å². The Morgan fingerprint density at radius 2 is 1.81 bits per heavy atom. The second-order valence-electron chi connectivity index (χ2n) is 7.76. The van der Waals surface area contributed by atoms with E-state index in [0.717, 1.165) is 38.2 Å². The molecule has 2 aliphatic rings. The molecule has 5 heteroatoms. The molecule has 0 bridgehead atoms. The third-order valence-corrected chi connectivity index (χ3v) is 5.90. The minimum Gasteiger partial charge on any atom is -0.332 e. The van der Waals surface area contributed by atoms with E-state index in [4.69, 9.17) is 0 Å². The Morgan fingerprint density at radius 3 is 2.62 bits per heavy atom. The highest BCUT2D eigenvalue weighted by molar-refractivity contribution is 5.77. The van der Waals surface area contributed by atoms with Gasteiger partial charge in [0.05, 0.1) is 12.6 Å². The molecule has 1 saturated carbocycles. The molecule has 0 N–H and O–H groups in total. The average molecular weight is 352 g/mol. The Kier molecular flexibility index (Phi) is 5.32. The van der Waals surface area contributed by atoms with Crippen molar-refractivity contribution >= 4 is 5.91 Å². The van der Waals surface area contributed by atoms with Crippen molar-refractivity contribution in [2.75, 3.05) is 6.54 Å². The molecule has 0 spiro atoms. The number of likely N-dealkylation sites (tertiary alicyclic amines) is 1. The second-order valence-corrected chi connectivity index (χ2v) is 7.76. The first-order chi connectivity index (χ1) is 12.8. The first-order valence-electron chi connectivity index (χ1n) is 10.0. The Morgan fingerprint density at radius 1 is 1.04 bits per heavy atom. The number of piperidine rings is 1. The van der Waals surface area contributed by atoms with Crippen LogP contribution in [0.5, 0.6) is 0 Å². The summed E-state index contributed by atoms with van der Waals surface area (Å²) in [6.45, 7) is 1.61. The highest BCUT2D eigenvalue weighted by atomic mass is 16.2. The molecule has 1 aliphatic carbocycles. The van der Waals surface area contributed by atoms with Crippen LogP contribution in [-0.4, -0.2) is 32.1 Å². The molecular weight excluding hydrogens is 324 g/mol. The number of hydrogen-bond acceptors (Lipinski definition) is 3. The molecule has 5 nitrogen and oxygen atoms in total. The minimum absolute atomic E-state index is 0.0730. The lowest BCUT2D eigenvalue weighted by Crippen LogP contribution is -2.40. The monoisotopic (exact) mass is 352 g/mol. The van der Waals surface area contributed by atoms with Crippen molar-refractivity contribution in [3.8, 4) is 0 Å². The predicted molar refractivity (Wildman–Crippen MR) is 100 cm³/mol. The lowest BCUT2D eigenvalue weighted by atomic mass is 9.97. The maximum Gasteiger partial charge on any atom is 0.223 e. The van der Waals surface area contributed by atoms with E-state index in [-0.39, 0.29) is 6.04 Å². The van der Waals surface area contributed by atoms with Crippen LogP contribution in [0.3, 0.4) is 0 Å². The van der Waals surface area contributed by atoms with Crippen molar-refractivity contribution in [2.45, 2.75) is 64.0 Å². The van der Waals surface area contributed by atoms with Gasteiger partial charge in [-0.1, -0.05) is 43.2 Å². The van der Waals surface area contributed by atoms with Crippen molar-refractivity contribution < 1.29 is 4.79 Å². The number of rotatable bonds is 5. The number of carbonyl (C=O) groups is 1. The molecular formula is C21H28N4O. The van der Waals surface area contributed by atoms with E-state index in [0.29, 0.717) is 18.2 Å². The fourth-order valence-electron chi connectivity index (χ4n) is 4.50. The molecule has 2 fully saturated rings. The van der Waals surface area contributed by atoms with Crippen molar-refractivity contribution in [3.63, 3.8) is 0 Å². The standard InChI is InChI=1S/C21H28N4O/c26-20(14-17-8-4-5-9-17)25-13-7-6-12-19(25)21-23-22-16-24(21)15-18-10-2-1-3-11-18/h1-3,10-11,16-17,19H,4-9,12-15H2. The van der Waals surface area contributed by atoms with Crippen molar-refractivity contribution in [2.24, 2.45) is 5.92 Å². The number of benzene rings is 1. The van der Waals surface area contributed by atoms with E-state index in [1.54, 1.807) is 6.33 Å². The Balaban J connectivity index is 1.51. The number of aromatic nitrogens is 3. The van der Waals surface area contributed by atoms with Gasteiger partial charge in [-0.15, -0.1) is 10.2 Å². The zero-order chi connectivity index (χ0) is 17.8. The Hall–Kier alpha value is -2.17. The summed E-state index contributed by atoms with van der Waals surface area (Å²) in [7, 11) is 0. The number of nitrogens with zero attached hydrogens (tertiary/aromatic N) is 4. The van der Waals surface area contributed by atoms with Gasteiger partial charge in [-0.05, 0) is 43.6 Å². The normalized spacial score (nSPS) is 21.2. The molecule has 2 heterocycles. The largest absolute Gasteiger partial charge is 0.332 e. The minimum atomic E-state index is 0.0730. The van der Waals surface area contributed by atoms with Gasteiger partial charge >= 0.3 is 0 Å². The average Bonchev–Trinajstić information content (AvgIpc) is 3.34. The number of amides is 1. The molecule has 2 aromatic rings. The highest BCUT2D eigenvalue weighted by Crippen LogP contribution is 2.33. The summed E-state index contributed by atoms with van der Waals surface area (Å²) >= 11 is 0. The van der Waals surface area contributed by atoms with Crippen LogP contribution in [0.2, 0.25) is 0 Å². The van der Waals surface area contributed by atoms with Crippen LogP contribution in [0.25, 0.3) is 0 Å². The lowest BCUT2D eigenvalue weighted by molar-refractivity contribution is -0.136. The third kappa shape index (κ3) is 3.81. The third-order valence-electron chi connectivity index (χ3n) is 5.90. The van der Waals surface area contributed by atoms with E-state index in [1.807, 2.05) is 6.07 Å². The molecule has 4 rings (SSSR count). The van der Waals surface area contributed by atoms with Gasteiger partial charge in [-0.25, -0.2) is 0 Å². The van der Waals surface area contributed by atoms with Gasteiger partial charge in [0.15, 0.2) is 5.82 Å². The molecule has 26 heavy (non-hydrogen) atoms. The van der Waals surface area contributed by atoms with Crippen LogP contribution in [0, 0.1) is 5.92 Å². The zero-order valence-corrected chi connectivity index (χ0v) is 15.4. The molecule has 1 aromatic carbocycles. The van der Waals surface area contributed by atoms with Crippen LogP contribution < -0.4 is 0 Å². The van der Waals surface area contributed by atoms with Gasteiger partial charge in [-0.3, -0.25) is 4.79 Å². The zero-order valence-electron chi connectivity index (χ0n) is 15.4. The fourth-order valence-corrected chi connectivity index (χ4v) is 4.50. The molecule has 0 radical (unpaired) electrons. The van der Waals surface area contributed by atoms with Crippen LogP contribution in [-0.2, 0) is 11.3 Å². The van der Waals surface area contributed by atoms with E-state index in [9.17, 15) is 4.79 Å². The van der Waals surface area contributed by atoms with Gasteiger partial charge in [-0.2, -0.15) is 0 Å². The molecule has 1 saturated heterocycles. The van der Waals surface area contributed by atoms with Crippen molar-refractivity contribution in [1.29, 1.82) is 0 Å². The maximum absolute atomic E-state index is 13.0. The Labute approximate surface area is 155 Å². The predicted octanol–water partition coefficient (Wildman–Crippen LogP) is 3.96. The first-order valence-corrected chi connectivity index (χ1v) is 10.0. The first kappa shape index (κ1) is 17.3. The highest BCUT2D eigenvalue weighted by Gasteiger charge is 2.32. The maximum atomic E-state index is 13.0. The van der Waals surface area contributed by atoms with Crippen LogP contribution in [0.4, 0.5) is 0 Å². The van der Waals surface area contributed by atoms with Gasteiger partial charge in [0.2, 0.25) is 5.91 Å². The van der Waals surface area contributed by atoms with Crippen LogP contribution >= 0.6 is 0 Å². The van der Waals surface area contributed by atoms with Crippen molar-refractivity contribution in [3.05, 3.63) is 48.0 Å². The van der Waals surface area contributed by atoms with Gasteiger partial charge < -0.3 is 9.47 Å². The van der Waals surface area contributed by atoms with E-state index in [1.165, 1.54) is 31.2 Å². The van der Waals surface area contributed by atoms with Gasteiger partial charge in [0, 0.05) is 13.0 Å². The number of hydrogen-bond donors (Lipinski definition) is 0. The molecule has 138 valence electrons. The van der Waals surface area contributed by atoms with Crippen LogP contribution in [0.15, 0.2) is 36.7 Å². The second kappa shape index (κ2) is 8.02. The Bertz CT molecular complexity index is 721. The molecule has 1 aliphatic heterocycles. The van der Waals surface area contributed by atoms with Gasteiger partial charge in [0.1, 0.15) is 6.33 Å². The quantitative estimate of drug-likeness (QED) is 0.818. The summed E-state index contributed by atoms with van der Waals surface area (Å²) < 4.78 is 2.11. The summed E-state index contributed by atoms with van der Waals surface area (Å²) in [6.07, 6.45) is 10.8. The number of carbonyl (C=O) groups excluding carboxylic acids is 1. The summed E-state index contributed by atoms with van der Waals surface area (Å²) in [5.41, 5.74) is 1.23. The summed E-state index contributed by atoms with van der Waals surface area (Å²) in [5, 5.41) is 8.59. The summed E-state index contributed by atoms with van der Waals surface area (Å²) in [6, 6.07) is 10.4. The summed E-state index contributed by atoms with van der Waals surface area (Å²) in [4.78, 5) is 15.1. The van der Waals surface area contributed by atoms with Gasteiger partial charge in [0.25, 0.3) is 0 Å². The van der Waals surface area contributed by atoms with E-state index in [2.05, 4.69) is 43.9 Å². The van der Waals surface area contributed by atoms with E-state index < -0.39 is 0 Å². The van der Waals surface area contributed by atoms with Crippen molar-refractivity contribution in [1.82, 2.24) is 19.7 Å². The SMILES string of the molecule is O=C(CC1CCCC1)N1CCCCC1c1nncn1Cc1ccccc1. The lowest BCUT2D eigenvalue weighted by Gasteiger charge is -2.36. The molecule has 1 aromatic heterocycles. The van der Waals surface area contributed by atoms with E-state index >= 15 is 0 Å².